The topological polar surface area (TPSA) is 17.1 Å². The molecule has 1 nitrogen and oxygen atoms in total. The van der Waals surface area contributed by atoms with Gasteiger partial charge in [0.2, 0.25) is 0 Å². The highest BCUT2D eigenvalue weighted by atomic mass is 32.2. The highest BCUT2D eigenvalue weighted by Crippen LogP contribution is 2.54. The quantitative estimate of drug-likeness (QED) is 0.180. The third-order valence-corrected chi connectivity index (χ3v) is 7.43. The molecule has 4 rings (SSSR count). The zero-order valence-corrected chi connectivity index (χ0v) is 17.4. The van der Waals surface area contributed by atoms with Gasteiger partial charge in [0.15, 0.2) is 9.86 Å². The minimum atomic E-state index is -0.842. The Hall–Kier alpha value is -2.75. The Kier molecular flexibility index (Phi) is 6.18. The lowest BCUT2D eigenvalue weighted by Crippen LogP contribution is -2.29. The molecule has 0 fully saturated rings. The molecule has 0 aliphatic heterocycles. The lowest BCUT2D eigenvalue weighted by Gasteiger charge is -2.32. The van der Waals surface area contributed by atoms with Gasteiger partial charge in [0.25, 0.3) is 0 Å². The van der Waals surface area contributed by atoms with E-state index in [-0.39, 0.29) is 5.78 Å². The van der Waals surface area contributed by atoms with Crippen molar-refractivity contribution in [2.24, 2.45) is 0 Å². The molecule has 4 aromatic carbocycles. The summed E-state index contributed by atoms with van der Waals surface area (Å²) in [5.74, 6) is 0.0898. The van der Waals surface area contributed by atoms with Crippen LogP contribution in [0.25, 0.3) is 0 Å². The average Bonchev–Trinajstić information content (AvgIpc) is 2.80. The van der Waals surface area contributed by atoms with Crippen molar-refractivity contribution < 1.29 is 4.79 Å². The van der Waals surface area contributed by atoms with Crippen molar-refractivity contribution in [3.05, 3.63) is 132 Å². The molecule has 0 aromatic heterocycles. The predicted molar refractivity (Wildman–Crippen MR) is 123 cm³/mol. The molecule has 0 aliphatic carbocycles. The number of ketones is 1. The molecule has 0 aliphatic rings. The van der Waals surface area contributed by atoms with Crippen LogP contribution in [0.5, 0.6) is 0 Å². The number of hydrogen-bond acceptors (Lipinski definition) is 3. The van der Waals surface area contributed by atoms with E-state index < -0.39 is 4.08 Å². The smallest absolute Gasteiger partial charge is 0.194 e. The van der Waals surface area contributed by atoms with Gasteiger partial charge in [-0.15, -0.1) is 0 Å². The number of carbonyl (C=O) groups excluding carboxylic acids is 1. The first kappa shape index (κ1) is 19.6. The molecule has 4 aromatic rings. The van der Waals surface area contributed by atoms with Crippen LogP contribution in [-0.4, -0.2) is 5.78 Å². The van der Waals surface area contributed by atoms with Gasteiger partial charge in [0, 0.05) is 15.4 Å². The van der Waals surface area contributed by atoms with E-state index in [0.29, 0.717) is 5.56 Å². The molecule has 0 atom stereocenters. The van der Waals surface area contributed by atoms with Crippen molar-refractivity contribution in [3.63, 3.8) is 0 Å². The van der Waals surface area contributed by atoms with Crippen molar-refractivity contribution in [1.82, 2.24) is 0 Å². The number of benzene rings is 4. The zero-order valence-electron chi connectivity index (χ0n) is 15.8. The van der Waals surface area contributed by atoms with Gasteiger partial charge in [-0.05, 0) is 29.8 Å². The molecular formula is C26H20OS2. The first-order valence-electron chi connectivity index (χ1n) is 9.41. The summed E-state index contributed by atoms with van der Waals surface area (Å²) < 4.78 is -0.842. The van der Waals surface area contributed by atoms with Crippen LogP contribution in [0.2, 0.25) is 0 Å². The van der Waals surface area contributed by atoms with Crippen LogP contribution in [0.3, 0.4) is 0 Å². The van der Waals surface area contributed by atoms with E-state index in [2.05, 4.69) is 24.3 Å². The molecule has 0 amide bonds. The maximum absolute atomic E-state index is 14.0. The Balaban J connectivity index is 1.89. The van der Waals surface area contributed by atoms with Gasteiger partial charge < -0.3 is 0 Å². The summed E-state index contributed by atoms with van der Waals surface area (Å²) >= 11 is 3.20. The Morgan fingerprint density at radius 3 is 1.34 bits per heavy atom. The van der Waals surface area contributed by atoms with Crippen molar-refractivity contribution in [1.29, 1.82) is 0 Å². The Bertz CT molecular complexity index is 1010. The standard InChI is InChI=1S/C26H20OS2/c27-25(21-13-5-1-6-14-21)26(22-15-7-2-8-16-22,28-23-17-9-3-10-18-23)29-24-19-11-4-12-20-24/h1-20H. The van der Waals surface area contributed by atoms with Crippen LogP contribution in [0.1, 0.15) is 15.9 Å². The Morgan fingerprint density at radius 2 is 0.897 bits per heavy atom. The average molecular weight is 413 g/mol. The van der Waals surface area contributed by atoms with E-state index in [0.717, 1.165) is 15.4 Å². The van der Waals surface area contributed by atoms with Crippen molar-refractivity contribution in [2.45, 2.75) is 13.9 Å². The normalized spacial score (nSPS) is 11.2. The molecule has 29 heavy (non-hydrogen) atoms. The maximum Gasteiger partial charge on any atom is 0.194 e. The fourth-order valence-electron chi connectivity index (χ4n) is 3.11. The molecule has 0 saturated heterocycles. The lowest BCUT2D eigenvalue weighted by atomic mass is 10.0. The highest BCUT2D eigenvalue weighted by Gasteiger charge is 2.43. The highest BCUT2D eigenvalue weighted by molar-refractivity contribution is 8.18. The second kappa shape index (κ2) is 9.17. The third kappa shape index (κ3) is 4.47. The van der Waals surface area contributed by atoms with Crippen LogP contribution in [-0.2, 0) is 4.08 Å². The van der Waals surface area contributed by atoms with Crippen LogP contribution >= 0.6 is 23.5 Å². The second-order valence-corrected chi connectivity index (χ2v) is 9.34. The fraction of sp³-hybridized carbons (Fsp3) is 0.0385. The van der Waals surface area contributed by atoms with Crippen molar-refractivity contribution in [3.8, 4) is 0 Å². The minimum absolute atomic E-state index is 0.0898. The van der Waals surface area contributed by atoms with E-state index in [1.165, 1.54) is 0 Å². The summed E-state index contributed by atoms with van der Waals surface area (Å²) in [6.07, 6.45) is 0. The monoisotopic (exact) mass is 412 g/mol. The Labute approximate surface area is 180 Å². The summed E-state index contributed by atoms with van der Waals surface area (Å²) in [4.78, 5) is 16.2. The molecular weight excluding hydrogens is 392 g/mol. The lowest BCUT2D eigenvalue weighted by molar-refractivity contribution is 0.0978. The molecule has 0 saturated carbocycles. The van der Waals surface area contributed by atoms with E-state index in [9.17, 15) is 4.79 Å². The molecule has 142 valence electrons. The van der Waals surface area contributed by atoms with Gasteiger partial charge in [-0.3, -0.25) is 4.79 Å². The van der Waals surface area contributed by atoms with Gasteiger partial charge in [-0.25, -0.2) is 0 Å². The molecule has 0 unspecified atom stereocenters. The maximum atomic E-state index is 14.0. The number of rotatable bonds is 7. The number of hydrogen-bond donors (Lipinski definition) is 0. The molecule has 0 bridgehead atoms. The van der Waals surface area contributed by atoms with E-state index in [4.69, 9.17) is 0 Å². The van der Waals surface area contributed by atoms with Crippen LogP contribution in [0, 0.1) is 0 Å². The molecule has 0 heterocycles. The van der Waals surface area contributed by atoms with Gasteiger partial charge in [-0.2, -0.15) is 0 Å². The fourth-order valence-corrected chi connectivity index (χ4v) is 6.03. The first-order valence-corrected chi connectivity index (χ1v) is 11.0. The number of thioether (sulfide) groups is 2. The summed E-state index contributed by atoms with van der Waals surface area (Å²) in [5, 5.41) is 0. The minimum Gasteiger partial charge on any atom is -0.291 e. The predicted octanol–water partition coefficient (Wildman–Crippen LogP) is 7.31. The van der Waals surface area contributed by atoms with Crippen LogP contribution in [0.15, 0.2) is 131 Å². The van der Waals surface area contributed by atoms with E-state index >= 15 is 0 Å². The SMILES string of the molecule is O=C(c1ccccc1)C(Sc1ccccc1)(Sc1ccccc1)c1ccccc1. The molecule has 0 N–H and O–H groups in total. The summed E-state index contributed by atoms with van der Waals surface area (Å²) in [6, 6.07) is 40.0. The Morgan fingerprint density at radius 1 is 0.517 bits per heavy atom. The van der Waals surface area contributed by atoms with Gasteiger partial charge in [-0.1, -0.05) is 121 Å². The molecule has 0 spiro atoms. The van der Waals surface area contributed by atoms with Crippen molar-refractivity contribution >= 4 is 29.3 Å². The second-order valence-electron chi connectivity index (χ2n) is 6.51. The number of Topliss-reactive ketones (excluding diaryl/α,β-unsaturated/α-hetero) is 1. The van der Waals surface area contributed by atoms with Gasteiger partial charge in [0.05, 0.1) is 0 Å². The summed E-state index contributed by atoms with van der Waals surface area (Å²) in [7, 11) is 0. The number of carbonyl (C=O) groups is 1. The molecule has 0 radical (unpaired) electrons. The van der Waals surface area contributed by atoms with E-state index in [1.807, 2.05) is 97.1 Å². The van der Waals surface area contributed by atoms with E-state index in [1.54, 1.807) is 23.5 Å². The first-order chi connectivity index (χ1) is 14.3. The van der Waals surface area contributed by atoms with Crippen LogP contribution in [0.4, 0.5) is 0 Å². The molecule has 3 heteroatoms. The van der Waals surface area contributed by atoms with Crippen LogP contribution < -0.4 is 0 Å². The van der Waals surface area contributed by atoms with Gasteiger partial charge >= 0.3 is 0 Å². The van der Waals surface area contributed by atoms with Crippen molar-refractivity contribution in [2.75, 3.05) is 0 Å². The van der Waals surface area contributed by atoms with Gasteiger partial charge in [0.1, 0.15) is 0 Å². The summed E-state index contributed by atoms with van der Waals surface area (Å²) in [5.41, 5.74) is 1.69. The summed E-state index contributed by atoms with van der Waals surface area (Å²) in [6.45, 7) is 0. The largest absolute Gasteiger partial charge is 0.291 e. The third-order valence-electron chi connectivity index (χ3n) is 4.50. The zero-order chi connectivity index (χ0) is 19.9.